The molecule has 3 rings (SSSR count). The third kappa shape index (κ3) is 3.81. The summed E-state index contributed by atoms with van der Waals surface area (Å²) in [7, 11) is 0. The van der Waals surface area contributed by atoms with Gasteiger partial charge >= 0.3 is 0 Å². The van der Waals surface area contributed by atoms with Crippen LogP contribution in [0, 0.1) is 13.8 Å². The maximum Gasteiger partial charge on any atom is 0.262 e. The number of carbonyl (C=O) groups is 1. The monoisotopic (exact) mass is 342 g/mol. The first-order chi connectivity index (χ1) is 11.5. The van der Waals surface area contributed by atoms with E-state index < -0.39 is 0 Å². The number of carbonyl (C=O) groups excluding carboxylic acids is 1. The van der Waals surface area contributed by atoms with E-state index in [0.717, 1.165) is 21.3 Å². The van der Waals surface area contributed by atoms with Crippen LogP contribution in [-0.2, 0) is 4.79 Å². The van der Waals surface area contributed by atoms with Gasteiger partial charge in [-0.15, -0.1) is 0 Å². The molecule has 7 heteroatoms. The van der Waals surface area contributed by atoms with Crippen molar-refractivity contribution in [1.82, 2.24) is 4.98 Å². The largest absolute Gasteiger partial charge is 0.484 e. The van der Waals surface area contributed by atoms with Crippen molar-refractivity contribution in [3.05, 3.63) is 47.5 Å². The van der Waals surface area contributed by atoms with Gasteiger partial charge in [0.1, 0.15) is 5.75 Å². The second-order valence-corrected chi connectivity index (χ2v) is 6.54. The summed E-state index contributed by atoms with van der Waals surface area (Å²) in [5, 5.41) is 3.46. The normalized spacial score (nSPS) is 10.6. The summed E-state index contributed by atoms with van der Waals surface area (Å²) in [5.74, 6) is 5.84. The van der Waals surface area contributed by atoms with Gasteiger partial charge in [-0.3, -0.25) is 10.2 Å². The molecule has 0 saturated heterocycles. The molecule has 124 valence electrons. The van der Waals surface area contributed by atoms with Crippen LogP contribution >= 0.6 is 11.3 Å². The summed E-state index contributed by atoms with van der Waals surface area (Å²) in [5.41, 5.74) is 6.26. The van der Waals surface area contributed by atoms with Gasteiger partial charge in [-0.25, -0.2) is 10.8 Å². The summed E-state index contributed by atoms with van der Waals surface area (Å²) in [6.07, 6.45) is 0. The number of nitrogens with one attached hydrogen (secondary N) is 2. The van der Waals surface area contributed by atoms with Crippen molar-refractivity contribution in [3.63, 3.8) is 0 Å². The molecule has 1 aromatic heterocycles. The van der Waals surface area contributed by atoms with Gasteiger partial charge in [0, 0.05) is 5.69 Å². The first-order valence-corrected chi connectivity index (χ1v) is 8.23. The number of ether oxygens (including phenoxy) is 1. The minimum Gasteiger partial charge on any atom is -0.484 e. The average molecular weight is 342 g/mol. The molecule has 3 aromatic rings. The highest BCUT2D eigenvalue weighted by Gasteiger charge is 2.07. The predicted octanol–water partition coefficient (Wildman–Crippen LogP) is 3.22. The molecule has 0 bridgehead atoms. The third-order valence-electron chi connectivity index (χ3n) is 3.36. The number of hydrazine groups is 1. The van der Waals surface area contributed by atoms with E-state index in [9.17, 15) is 4.79 Å². The Morgan fingerprint density at radius 1 is 1.21 bits per heavy atom. The van der Waals surface area contributed by atoms with Gasteiger partial charge in [-0.1, -0.05) is 17.4 Å². The van der Waals surface area contributed by atoms with E-state index in [1.807, 2.05) is 38.1 Å². The smallest absolute Gasteiger partial charge is 0.262 e. The van der Waals surface area contributed by atoms with Gasteiger partial charge in [-0.2, -0.15) is 0 Å². The summed E-state index contributed by atoms with van der Waals surface area (Å²) in [6.45, 7) is 3.95. The molecule has 0 saturated carbocycles. The van der Waals surface area contributed by atoms with E-state index in [0.29, 0.717) is 16.6 Å². The van der Waals surface area contributed by atoms with Crippen LogP contribution in [0.1, 0.15) is 11.1 Å². The Balaban J connectivity index is 1.63. The lowest BCUT2D eigenvalue weighted by molar-refractivity contribution is -0.118. The second-order valence-electron chi connectivity index (χ2n) is 5.51. The molecule has 1 amide bonds. The SMILES string of the molecule is Cc1cc(C)cc(OCC(=O)Nc2ccc3nc(NN)sc3c2)c1. The molecule has 0 radical (unpaired) electrons. The first-order valence-electron chi connectivity index (χ1n) is 7.41. The van der Waals surface area contributed by atoms with Crippen molar-refractivity contribution < 1.29 is 9.53 Å². The molecule has 2 aromatic carbocycles. The number of nitrogens with two attached hydrogens (primary N) is 1. The van der Waals surface area contributed by atoms with Gasteiger partial charge in [0.05, 0.1) is 10.2 Å². The van der Waals surface area contributed by atoms with E-state index >= 15 is 0 Å². The Kier molecular flexibility index (Phi) is 4.64. The number of thiazole rings is 1. The number of amides is 1. The lowest BCUT2D eigenvalue weighted by Crippen LogP contribution is -2.20. The highest BCUT2D eigenvalue weighted by molar-refractivity contribution is 7.22. The van der Waals surface area contributed by atoms with Gasteiger partial charge in [0.2, 0.25) is 0 Å². The van der Waals surface area contributed by atoms with E-state index in [4.69, 9.17) is 10.6 Å². The van der Waals surface area contributed by atoms with Crippen LogP contribution in [0.25, 0.3) is 10.2 Å². The van der Waals surface area contributed by atoms with Crippen LogP contribution in [0.4, 0.5) is 10.8 Å². The van der Waals surface area contributed by atoms with Crippen molar-refractivity contribution in [2.24, 2.45) is 5.84 Å². The third-order valence-corrected chi connectivity index (χ3v) is 4.31. The maximum absolute atomic E-state index is 12.1. The number of nitrogens with zero attached hydrogens (tertiary/aromatic N) is 1. The Morgan fingerprint density at radius 2 is 1.96 bits per heavy atom. The number of aromatic nitrogens is 1. The molecule has 1 heterocycles. The number of hydrogen-bond donors (Lipinski definition) is 3. The number of fused-ring (bicyclic) bond motifs is 1. The molecule has 6 nitrogen and oxygen atoms in total. The molecule has 0 atom stereocenters. The number of anilines is 2. The number of aryl methyl sites for hydroxylation is 2. The standard InChI is InChI=1S/C17H18N4O2S/c1-10-5-11(2)7-13(6-10)23-9-16(22)19-12-3-4-14-15(8-12)24-17(20-14)21-18/h3-8H,9,18H2,1-2H3,(H,19,22)(H,20,21). The van der Waals surface area contributed by atoms with Crippen molar-refractivity contribution in [2.45, 2.75) is 13.8 Å². The molecule has 24 heavy (non-hydrogen) atoms. The maximum atomic E-state index is 12.1. The van der Waals surface area contributed by atoms with E-state index in [1.54, 1.807) is 6.07 Å². The van der Waals surface area contributed by atoms with Crippen molar-refractivity contribution in [1.29, 1.82) is 0 Å². The highest BCUT2D eigenvalue weighted by Crippen LogP contribution is 2.27. The second kappa shape index (κ2) is 6.86. The Morgan fingerprint density at radius 3 is 2.67 bits per heavy atom. The zero-order chi connectivity index (χ0) is 17.1. The fourth-order valence-corrected chi connectivity index (χ4v) is 3.24. The Labute approximate surface area is 143 Å². The predicted molar refractivity (Wildman–Crippen MR) is 97.5 cm³/mol. The molecule has 0 aliphatic rings. The van der Waals surface area contributed by atoms with Crippen LogP contribution in [0.15, 0.2) is 36.4 Å². The summed E-state index contributed by atoms with van der Waals surface area (Å²) >= 11 is 1.42. The highest BCUT2D eigenvalue weighted by atomic mass is 32.1. The lowest BCUT2D eigenvalue weighted by Gasteiger charge is -2.09. The number of hydrogen-bond acceptors (Lipinski definition) is 6. The Hall–Kier alpha value is -2.64. The zero-order valence-corrected chi connectivity index (χ0v) is 14.2. The van der Waals surface area contributed by atoms with Gasteiger partial charge in [-0.05, 0) is 55.3 Å². The van der Waals surface area contributed by atoms with E-state index in [-0.39, 0.29) is 12.5 Å². The number of nitrogen functional groups attached to an aromatic ring is 1. The van der Waals surface area contributed by atoms with Crippen LogP contribution < -0.4 is 21.3 Å². The minimum atomic E-state index is -0.213. The Bertz CT molecular complexity index is 871. The summed E-state index contributed by atoms with van der Waals surface area (Å²) in [6, 6.07) is 11.4. The fourth-order valence-electron chi connectivity index (χ4n) is 2.43. The van der Waals surface area contributed by atoms with Gasteiger partial charge in [0.15, 0.2) is 11.7 Å². The number of benzene rings is 2. The number of rotatable bonds is 5. The molecular weight excluding hydrogens is 324 g/mol. The molecule has 0 unspecified atom stereocenters. The molecule has 0 spiro atoms. The van der Waals surface area contributed by atoms with Crippen LogP contribution in [0.3, 0.4) is 0 Å². The van der Waals surface area contributed by atoms with Crippen LogP contribution in [0.5, 0.6) is 5.75 Å². The average Bonchev–Trinajstić information content (AvgIpc) is 2.94. The summed E-state index contributed by atoms with van der Waals surface area (Å²) < 4.78 is 6.50. The van der Waals surface area contributed by atoms with Crippen molar-refractivity contribution >= 4 is 38.3 Å². The molecular formula is C17H18N4O2S. The minimum absolute atomic E-state index is 0.0424. The zero-order valence-electron chi connectivity index (χ0n) is 13.4. The first kappa shape index (κ1) is 16.2. The van der Waals surface area contributed by atoms with Crippen molar-refractivity contribution in [3.8, 4) is 5.75 Å². The van der Waals surface area contributed by atoms with Crippen LogP contribution in [0.2, 0.25) is 0 Å². The topological polar surface area (TPSA) is 89.3 Å². The summed E-state index contributed by atoms with van der Waals surface area (Å²) in [4.78, 5) is 16.4. The van der Waals surface area contributed by atoms with Crippen molar-refractivity contribution in [2.75, 3.05) is 17.3 Å². The molecule has 4 N–H and O–H groups in total. The van der Waals surface area contributed by atoms with E-state index in [2.05, 4.69) is 21.8 Å². The van der Waals surface area contributed by atoms with Gasteiger partial charge in [0.25, 0.3) is 5.91 Å². The van der Waals surface area contributed by atoms with E-state index in [1.165, 1.54) is 11.3 Å². The molecule has 0 aliphatic heterocycles. The lowest BCUT2D eigenvalue weighted by atomic mass is 10.1. The van der Waals surface area contributed by atoms with Crippen LogP contribution in [-0.4, -0.2) is 17.5 Å². The molecule has 0 aliphatic carbocycles. The van der Waals surface area contributed by atoms with Gasteiger partial charge < -0.3 is 10.1 Å². The molecule has 0 fully saturated rings. The fraction of sp³-hybridized carbons (Fsp3) is 0.176. The quantitative estimate of drug-likeness (QED) is 0.489.